The summed E-state index contributed by atoms with van der Waals surface area (Å²) in [7, 11) is 5.10. The molecular weight excluding hydrogens is 406 g/mol. The minimum atomic E-state index is -0.220. The number of carbonyl (C=O) groups excluding carboxylic acids is 1. The molecule has 0 fully saturated rings. The van der Waals surface area contributed by atoms with Crippen molar-refractivity contribution in [3.8, 4) is 23.0 Å². The second-order valence-corrected chi connectivity index (χ2v) is 7.05. The molecule has 0 unspecified atom stereocenters. The summed E-state index contributed by atoms with van der Waals surface area (Å²) < 4.78 is 16.7. The van der Waals surface area contributed by atoms with Crippen molar-refractivity contribution in [1.82, 2.24) is 4.90 Å². The number of ether oxygens (including phenoxy) is 3. The molecule has 0 bridgehead atoms. The summed E-state index contributed by atoms with van der Waals surface area (Å²) in [5.74, 6) is 1.61. The van der Waals surface area contributed by atoms with Gasteiger partial charge in [0, 0.05) is 12.1 Å². The van der Waals surface area contributed by atoms with Crippen molar-refractivity contribution in [2.45, 2.75) is 26.3 Å². The molecule has 6 nitrogen and oxygen atoms in total. The molecule has 0 radical (unpaired) electrons. The van der Waals surface area contributed by atoms with E-state index in [2.05, 4.69) is 11.8 Å². The van der Waals surface area contributed by atoms with Crippen LogP contribution in [0.25, 0.3) is 6.08 Å². The zero-order valence-corrected chi connectivity index (χ0v) is 18.5. The fourth-order valence-electron chi connectivity index (χ4n) is 3.39. The molecule has 1 aliphatic rings. The van der Waals surface area contributed by atoms with Crippen molar-refractivity contribution >= 4 is 24.3 Å². The van der Waals surface area contributed by atoms with E-state index in [0.717, 1.165) is 19.4 Å². The van der Waals surface area contributed by atoms with E-state index in [1.807, 2.05) is 19.2 Å². The maximum Gasteiger partial charge on any atom is 0.231 e. The first-order valence-corrected chi connectivity index (χ1v) is 9.68. The first-order valence-electron chi connectivity index (χ1n) is 9.68. The van der Waals surface area contributed by atoms with Crippen molar-refractivity contribution in [3.63, 3.8) is 0 Å². The number of unbranched alkanes of at least 4 members (excludes halogenated alkanes) is 1. The Hall–Kier alpha value is -2.70. The van der Waals surface area contributed by atoms with Gasteiger partial charge in [0.25, 0.3) is 0 Å². The molecule has 162 valence electrons. The van der Waals surface area contributed by atoms with Gasteiger partial charge in [-0.05, 0) is 44.3 Å². The average molecular weight is 434 g/mol. The van der Waals surface area contributed by atoms with Crippen LogP contribution in [0.5, 0.6) is 23.0 Å². The van der Waals surface area contributed by atoms with Gasteiger partial charge < -0.3 is 24.2 Å². The minimum absolute atomic E-state index is 0. The van der Waals surface area contributed by atoms with E-state index in [-0.39, 0.29) is 29.7 Å². The number of methoxy groups -OCH3 is 2. The third kappa shape index (κ3) is 4.71. The Kier molecular flexibility index (Phi) is 8.15. The summed E-state index contributed by atoms with van der Waals surface area (Å²) in [6.07, 6.45) is 3.80. The first-order chi connectivity index (χ1) is 14.0. The van der Waals surface area contributed by atoms with Gasteiger partial charge in [0.2, 0.25) is 5.78 Å². The molecule has 1 N–H and O–H groups in total. The normalized spacial score (nSPS) is 13.8. The van der Waals surface area contributed by atoms with Gasteiger partial charge in [0.1, 0.15) is 11.5 Å². The van der Waals surface area contributed by atoms with Crippen LogP contribution in [0.2, 0.25) is 0 Å². The van der Waals surface area contributed by atoms with Crippen LogP contribution >= 0.6 is 12.4 Å². The van der Waals surface area contributed by atoms with E-state index in [1.54, 1.807) is 38.5 Å². The summed E-state index contributed by atoms with van der Waals surface area (Å²) in [6.45, 7) is 3.53. The smallest absolute Gasteiger partial charge is 0.231 e. The van der Waals surface area contributed by atoms with Gasteiger partial charge >= 0.3 is 0 Å². The van der Waals surface area contributed by atoms with Crippen LogP contribution in [0, 0.1) is 0 Å². The quantitative estimate of drug-likeness (QED) is 0.609. The van der Waals surface area contributed by atoms with E-state index < -0.39 is 0 Å². The maximum atomic E-state index is 12.9. The van der Waals surface area contributed by atoms with E-state index in [1.165, 1.54) is 0 Å². The molecule has 0 spiro atoms. The summed E-state index contributed by atoms with van der Waals surface area (Å²) in [6, 6.07) is 8.59. The Morgan fingerprint density at radius 3 is 2.60 bits per heavy atom. The van der Waals surface area contributed by atoms with Crippen LogP contribution < -0.4 is 14.2 Å². The lowest BCUT2D eigenvalue weighted by Gasteiger charge is -2.18. The number of aromatic hydroxyl groups is 1. The number of hydrogen-bond acceptors (Lipinski definition) is 6. The number of hydrogen-bond donors (Lipinski definition) is 1. The second-order valence-electron chi connectivity index (χ2n) is 7.05. The van der Waals surface area contributed by atoms with Crippen molar-refractivity contribution in [2.24, 2.45) is 0 Å². The molecule has 1 aliphatic heterocycles. The molecule has 0 aromatic heterocycles. The largest absolute Gasteiger partial charge is 0.507 e. The Balaban J connectivity index is 0.00000320. The maximum absolute atomic E-state index is 12.9. The van der Waals surface area contributed by atoms with Crippen LogP contribution in [0.3, 0.4) is 0 Å². The second kappa shape index (κ2) is 10.4. The third-order valence-corrected chi connectivity index (χ3v) is 4.96. The number of ketones is 1. The fourth-order valence-corrected chi connectivity index (χ4v) is 3.39. The van der Waals surface area contributed by atoms with Crippen LogP contribution in [-0.2, 0) is 6.54 Å². The van der Waals surface area contributed by atoms with Gasteiger partial charge in [-0.2, -0.15) is 0 Å². The Bertz CT molecular complexity index is 941. The van der Waals surface area contributed by atoms with Gasteiger partial charge in [-0.3, -0.25) is 4.79 Å². The molecule has 30 heavy (non-hydrogen) atoms. The fraction of sp³-hybridized carbons (Fsp3) is 0.348. The number of carbonyl (C=O) groups is 1. The summed E-state index contributed by atoms with van der Waals surface area (Å²) in [4.78, 5) is 15.0. The number of Topliss-reactive ketones (excluding diaryl/α,β-unsaturated/α-hetero) is 1. The highest BCUT2D eigenvalue weighted by atomic mass is 35.5. The predicted molar refractivity (Wildman–Crippen MR) is 119 cm³/mol. The molecule has 7 heteroatoms. The number of phenols is 1. The van der Waals surface area contributed by atoms with Crippen LogP contribution in [0.1, 0.15) is 41.3 Å². The average Bonchev–Trinajstić information content (AvgIpc) is 3.04. The highest BCUT2D eigenvalue weighted by Crippen LogP contribution is 2.41. The lowest BCUT2D eigenvalue weighted by molar-refractivity contribution is 0.101. The van der Waals surface area contributed by atoms with Crippen molar-refractivity contribution in [3.05, 3.63) is 52.8 Å². The molecule has 0 aliphatic carbocycles. The molecular formula is C23H28ClNO5. The number of halogens is 1. The molecule has 3 rings (SSSR count). The SMILES string of the molecule is CCCCN(C)Cc1c(O)ccc2c1O/C(=C\c1cccc(OC)c1OC)C2=O.Cl. The molecule has 0 saturated carbocycles. The van der Waals surface area contributed by atoms with Crippen LogP contribution in [-0.4, -0.2) is 43.6 Å². The van der Waals surface area contributed by atoms with E-state index in [4.69, 9.17) is 14.2 Å². The molecule has 2 aromatic rings. The molecule has 0 atom stereocenters. The third-order valence-electron chi connectivity index (χ3n) is 4.96. The van der Waals surface area contributed by atoms with Crippen molar-refractivity contribution in [1.29, 1.82) is 0 Å². The number of nitrogens with zero attached hydrogens (tertiary/aromatic N) is 1. The predicted octanol–water partition coefficient (Wildman–Crippen LogP) is 4.68. The first kappa shape index (κ1) is 23.6. The van der Waals surface area contributed by atoms with Gasteiger partial charge in [0.05, 0.1) is 25.3 Å². The van der Waals surface area contributed by atoms with E-state index in [9.17, 15) is 9.90 Å². The number of para-hydroxylation sites is 1. The molecule has 0 saturated heterocycles. The lowest BCUT2D eigenvalue weighted by atomic mass is 10.0. The zero-order chi connectivity index (χ0) is 21.0. The minimum Gasteiger partial charge on any atom is -0.507 e. The molecule has 2 aromatic carbocycles. The number of allylic oxidation sites excluding steroid dienone is 1. The highest BCUT2D eigenvalue weighted by molar-refractivity contribution is 6.15. The summed E-state index contributed by atoms with van der Waals surface area (Å²) >= 11 is 0. The van der Waals surface area contributed by atoms with Crippen molar-refractivity contribution in [2.75, 3.05) is 27.8 Å². The number of fused-ring (bicyclic) bond motifs is 1. The number of phenolic OH excluding ortho intramolecular Hbond substituents is 1. The highest BCUT2D eigenvalue weighted by Gasteiger charge is 2.31. The van der Waals surface area contributed by atoms with Gasteiger partial charge in [-0.25, -0.2) is 0 Å². The monoisotopic (exact) mass is 433 g/mol. The van der Waals surface area contributed by atoms with Gasteiger partial charge in [-0.15, -0.1) is 12.4 Å². The van der Waals surface area contributed by atoms with Gasteiger partial charge in [-0.1, -0.05) is 25.5 Å². The van der Waals surface area contributed by atoms with Crippen LogP contribution in [0.15, 0.2) is 36.1 Å². The Labute approximate surface area is 183 Å². The standard InChI is InChI=1S/C23H27NO5.ClH/c1-5-6-12-24(2)14-17-18(25)11-10-16-21(26)20(29-23(16)17)13-15-8-7-9-19(27-3)22(15)28-4;/h7-11,13,25H,5-6,12,14H2,1-4H3;1H/b20-13-;. The molecule has 0 amide bonds. The molecule has 1 heterocycles. The van der Waals surface area contributed by atoms with E-state index >= 15 is 0 Å². The van der Waals surface area contributed by atoms with Gasteiger partial charge in [0.15, 0.2) is 17.3 Å². The van der Waals surface area contributed by atoms with Crippen LogP contribution in [0.4, 0.5) is 0 Å². The Morgan fingerprint density at radius 2 is 1.93 bits per heavy atom. The Morgan fingerprint density at radius 1 is 1.17 bits per heavy atom. The summed E-state index contributed by atoms with van der Waals surface area (Å²) in [5.41, 5.74) is 1.75. The number of benzene rings is 2. The topological polar surface area (TPSA) is 68.2 Å². The van der Waals surface area contributed by atoms with Crippen molar-refractivity contribution < 1.29 is 24.1 Å². The summed E-state index contributed by atoms with van der Waals surface area (Å²) in [5, 5.41) is 10.4. The lowest BCUT2D eigenvalue weighted by Crippen LogP contribution is -2.19. The zero-order valence-electron chi connectivity index (χ0n) is 17.7. The van der Waals surface area contributed by atoms with E-state index in [0.29, 0.717) is 40.5 Å². The number of rotatable bonds is 8.